The summed E-state index contributed by atoms with van der Waals surface area (Å²) in [5.41, 5.74) is 1.71. The molecule has 4 rings (SSSR count). The van der Waals surface area contributed by atoms with Crippen molar-refractivity contribution in [1.82, 2.24) is 15.1 Å². The first-order valence-electron chi connectivity index (χ1n) is 6.14. The molecule has 19 heavy (non-hydrogen) atoms. The number of piperidine rings is 1. The number of hydrogen-bond donors (Lipinski definition) is 1. The predicted molar refractivity (Wildman–Crippen MR) is 69.0 cm³/mol. The summed E-state index contributed by atoms with van der Waals surface area (Å²) < 4.78 is 5.16. The van der Waals surface area contributed by atoms with Crippen LogP contribution in [0, 0.1) is 5.92 Å². The van der Waals surface area contributed by atoms with Crippen LogP contribution in [-0.4, -0.2) is 39.6 Å². The lowest BCUT2D eigenvalue weighted by Gasteiger charge is -2.20. The number of nitrogens with one attached hydrogen (secondary N) is 1. The van der Waals surface area contributed by atoms with Crippen LogP contribution in [0.3, 0.4) is 0 Å². The maximum atomic E-state index is 12.2. The van der Waals surface area contributed by atoms with E-state index in [2.05, 4.69) is 15.5 Å². The Balaban J connectivity index is 1.48. The van der Waals surface area contributed by atoms with Gasteiger partial charge in [-0.25, -0.2) is 0 Å². The smallest absolute Gasteiger partial charge is 0.289 e. The van der Waals surface area contributed by atoms with Crippen molar-refractivity contribution in [2.45, 2.75) is 12.0 Å². The quantitative estimate of drug-likeness (QED) is 0.919. The van der Waals surface area contributed by atoms with Crippen molar-refractivity contribution in [2.75, 3.05) is 18.4 Å². The highest BCUT2D eigenvalue weighted by Gasteiger charge is 2.61. The van der Waals surface area contributed by atoms with E-state index in [0.717, 1.165) is 18.1 Å². The van der Waals surface area contributed by atoms with Crippen LogP contribution >= 0.6 is 11.3 Å². The Morgan fingerprint density at radius 3 is 3.32 bits per heavy atom. The molecular formula is C12H12N4O2S. The molecule has 2 aliphatic rings. The number of carbonyl (C=O) groups is 1. The van der Waals surface area contributed by atoms with Crippen molar-refractivity contribution in [3.05, 3.63) is 29.7 Å². The number of carbonyl (C=O) groups excluding carboxylic acids is 1. The third-order valence-electron chi connectivity index (χ3n) is 3.88. The fourth-order valence-electron chi connectivity index (χ4n) is 2.83. The van der Waals surface area contributed by atoms with E-state index in [-0.39, 0.29) is 11.4 Å². The molecule has 6 nitrogen and oxygen atoms in total. The molecule has 2 fully saturated rings. The second kappa shape index (κ2) is 3.80. The van der Waals surface area contributed by atoms with E-state index in [4.69, 9.17) is 4.42 Å². The molecule has 2 aromatic heterocycles. The van der Waals surface area contributed by atoms with Gasteiger partial charge in [0.15, 0.2) is 5.76 Å². The van der Waals surface area contributed by atoms with Gasteiger partial charge >= 0.3 is 0 Å². The zero-order valence-electron chi connectivity index (χ0n) is 10.1. The summed E-state index contributed by atoms with van der Waals surface area (Å²) in [6, 6.07) is 3.44. The van der Waals surface area contributed by atoms with Crippen LogP contribution in [0.4, 0.5) is 5.13 Å². The van der Waals surface area contributed by atoms with E-state index in [1.165, 1.54) is 17.6 Å². The number of fused-ring (bicyclic) bond motifs is 1. The number of aromatic nitrogens is 2. The van der Waals surface area contributed by atoms with Crippen molar-refractivity contribution in [2.24, 2.45) is 5.92 Å². The molecule has 0 aromatic carbocycles. The highest BCUT2D eigenvalue weighted by molar-refractivity contribution is 7.13. The summed E-state index contributed by atoms with van der Waals surface area (Å²) in [6.45, 7) is 1.49. The number of anilines is 1. The lowest BCUT2D eigenvalue weighted by molar-refractivity contribution is 0.0742. The summed E-state index contributed by atoms with van der Waals surface area (Å²) in [5.74, 6) is 0.887. The molecule has 1 N–H and O–H groups in total. The van der Waals surface area contributed by atoms with Gasteiger partial charge in [-0.1, -0.05) is 11.3 Å². The van der Waals surface area contributed by atoms with Crippen LogP contribution in [0.5, 0.6) is 0 Å². The molecule has 98 valence electrons. The van der Waals surface area contributed by atoms with E-state index < -0.39 is 0 Å². The summed E-state index contributed by atoms with van der Waals surface area (Å²) in [7, 11) is 0. The molecule has 1 aliphatic carbocycles. The van der Waals surface area contributed by atoms with Crippen molar-refractivity contribution < 1.29 is 9.21 Å². The molecule has 1 amide bonds. The van der Waals surface area contributed by atoms with Gasteiger partial charge in [0.25, 0.3) is 5.91 Å². The largest absolute Gasteiger partial charge is 0.459 e. The maximum Gasteiger partial charge on any atom is 0.289 e. The monoisotopic (exact) mass is 276 g/mol. The third-order valence-corrected chi connectivity index (χ3v) is 4.49. The van der Waals surface area contributed by atoms with E-state index in [9.17, 15) is 4.79 Å². The lowest BCUT2D eigenvalue weighted by atomic mass is 10.2. The predicted octanol–water partition coefficient (Wildman–Crippen LogP) is 1.46. The van der Waals surface area contributed by atoms with Gasteiger partial charge in [-0.3, -0.25) is 4.79 Å². The number of furan rings is 1. The molecular weight excluding hydrogens is 264 g/mol. The van der Waals surface area contributed by atoms with Crippen molar-refractivity contribution in [3.63, 3.8) is 0 Å². The minimum Gasteiger partial charge on any atom is -0.459 e. The van der Waals surface area contributed by atoms with Crippen LogP contribution in [0.1, 0.15) is 17.0 Å². The normalized spacial score (nSPS) is 28.2. The molecule has 1 saturated carbocycles. The van der Waals surface area contributed by atoms with Crippen molar-refractivity contribution in [1.29, 1.82) is 0 Å². The van der Waals surface area contributed by atoms with E-state index in [1.807, 2.05) is 4.90 Å². The lowest BCUT2D eigenvalue weighted by Crippen LogP contribution is -2.36. The van der Waals surface area contributed by atoms with Crippen LogP contribution in [-0.2, 0) is 0 Å². The molecule has 2 aromatic rings. The molecule has 1 aliphatic heterocycles. The van der Waals surface area contributed by atoms with Gasteiger partial charge in [0.1, 0.15) is 5.51 Å². The molecule has 0 unspecified atom stereocenters. The Morgan fingerprint density at radius 2 is 2.58 bits per heavy atom. The van der Waals surface area contributed by atoms with E-state index >= 15 is 0 Å². The molecule has 0 bridgehead atoms. The topological polar surface area (TPSA) is 71.3 Å². The van der Waals surface area contributed by atoms with Gasteiger partial charge < -0.3 is 14.6 Å². The van der Waals surface area contributed by atoms with Gasteiger partial charge in [-0.2, -0.15) is 0 Å². The number of hydrogen-bond acceptors (Lipinski definition) is 6. The first-order valence-corrected chi connectivity index (χ1v) is 7.02. The fraction of sp³-hybridized carbons (Fsp3) is 0.417. The SMILES string of the molecule is O=C(c1ccco1)N1C[C@H]2C[C@]2(Nc2nncs2)C1. The Labute approximate surface area is 113 Å². The number of nitrogens with zero attached hydrogens (tertiary/aromatic N) is 3. The zero-order chi connectivity index (χ0) is 12.9. The minimum absolute atomic E-state index is 0.00177. The molecule has 7 heteroatoms. The maximum absolute atomic E-state index is 12.2. The van der Waals surface area contributed by atoms with Crippen LogP contribution in [0.25, 0.3) is 0 Å². The third kappa shape index (κ3) is 1.73. The molecule has 3 heterocycles. The fourth-order valence-corrected chi connectivity index (χ4v) is 3.38. The van der Waals surface area contributed by atoms with Gasteiger partial charge in [0, 0.05) is 19.0 Å². The molecule has 2 atom stereocenters. The van der Waals surface area contributed by atoms with Crippen LogP contribution in [0.2, 0.25) is 0 Å². The number of likely N-dealkylation sites (tertiary alicyclic amines) is 1. The number of amides is 1. The number of rotatable bonds is 3. The van der Waals surface area contributed by atoms with E-state index in [0.29, 0.717) is 18.2 Å². The standard InChI is InChI=1S/C12H12N4O2S/c17-10(9-2-1-3-18-9)16-5-8-4-12(8,6-16)14-11-15-13-7-19-11/h1-3,7-8H,4-6H2,(H,14,15)/t8-,12+/m1/s1. The van der Waals surface area contributed by atoms with Gasteiger partial charge in [-0.05, 0) is 18.6 Å². The summed E-state index contributed by atoms with van der Waals surface area (Å²) in [6.07, 6.45) is 2.62. The van der Waals surface area contributed by atoms with Crippen LogP contribution in [0.15, 0.2) is 28.3 Å². The first-order chi connectivity index (χ1) is 9.27. The Hall–Kier alpha value is -1.89. The summed E-state index contributed by atoms with van der Waals surface area (Å²) >= 11 is 1.49. The first kappa shape index (κ1) is 11.0. The molecule has 1 saturated heterocycles. The highest BCUT2D eigenvalue weighted by Crippen LogP contribution is 2.51. The average molecular weight is 276 g/mol. The minimum atomic E-state index is -0.0318. The average Bonchev–Trinajstić information content (AvgIpc) is 2.96. The van der Waals surface area contributed by atoms with Crippen molar-refractivity contribution >= 4 is 22.4 Å². The highest BCUT2D eigenvalue weighted by atomic mass is 32.1. The Bertz CT molecular complexity index is 597. The molecule has 0 radical (unpaired) electrons. The van der Waals surface area contributed by atoms with Gasteiger partial charge in [0.2, 0.25) is 5.13 Å². The van der Waals surface area contributed by atoms with Crippen LogP contribution < -0.4 is 5.32 Å². The van der Waals surface area contributed by atoms with Gasteiger partial charge in [0.05, 0.1) is 11.8 Å². The molecule has 0 spiro atoms. The second-order valence-corrected chi connectivity index (χ2v) is 5.92. The van der Waals surface area contributed by atoms with Gasteiger partial charge in [-0.15, -0.1) is 10.2 Å². The van der Waals surface area contributed by atoms with Crippen molar-refractivity contribution in [3.8, 4) is 0 Å². The Morgan fingerprint density at radius 1 is 1.63 bits per heavy atom. The second-order valence-electron chi connectivity index (χ2n) is 5.09. The van der Waals surface area contributed by atoms with E-state index in [1.54, 1.807) is 17.6 Å². The Kier molecular flexibility index (Phi) is 2.20. The zero-order valence-corrected chi connectivity index (χ0v) is 10.9. The summed E-state index contributed by atoms with van der Waals surface area (Å²) in [5, 5.41) is 12.1. The summed E-state index contributed by atoms with van der Waals surface area (Å²) in [4.78, 5) is 14.0.